The highest BCUT2D eigenvalue weighted by molar-refractivity contribution is 7.10. The van der Waals surface area contributed by atoms with Crippen molar-refractivity contribution in [3.05, 3.63) is 99.4 Å². The SMILES string of the molecule is CCOC(=O)C1=C(C)N=c2s/c(=C/C=C/c3ccc([N+](=O)[O-])cc3)c(=O)n2[C@H]1c1cccs1. The Morgan fingerprint density at radius 1 is 1.30 bits per heavy atom. The van der Waals surface area contributed by atoms with Crippen LogP contribution in [0.4, 0.5) is 5.69 Å². The third kappa shape index (κ3) is 4.48. The molecule has 1 aliphatic rings. The molecule has 2 aromatic heterocycles. The first-order chi connectivity index (χ1) is 15.9. The molecule has 33 heavy (non-hydrogen) atoms. The van der Waals surface area contributed by atoms with E-state index >= 15 is 0 Å². The van der Waals surface area contributed by atoms with Crippen LogP contribution in [-0.4, -0.2) is 22.1 Å². The predicted octanol–water partition coefficient (Wildman–Crippen LogP) is 3.43. The lowest BCUT2D eigenvalue weighted by Gasteiger charge is -2.23. The van der Waals surface area contributed by atoms with Crippen LogP contribution in [0.5, 0.6) is 0 Å². The zero-order chi connectivity index (χ0) is 23.5. The van der Waals surface area contributed by atoms with Gasteiger partial charge < -0.3 is 4.74 Å². The standard InChI is InChI=1S/C23H19N3O5S2/c1-3-31-22(28)19-14(2)24-23-25(20(19)17-8-5-13-32-17)21(27)18(33-23)7-4-6-15-9-11-16(12-10-15)26(29)30/h4-13,20H,3H2,1-2H3/b6-4+,18-7+/t20-/m0/s1. The van der Waals surface area contributed by atoms with E-state index in [2.05, 4.69) is 4.99 Å². The van der Waals surface area contributed by atoms with Crippen LogP contribution in [0.2, 0.25) is 0 Å². The smallest absolute Gasteiger partial charge is 0.338 e. The molecule has 0 N–H and O–H groups in total. The van der Waals surface area contributed by atoms with Crippen LogP contribution < -0.4 is 14.9 Å². The van der Waals surface area contributed by atoms with E-state index in [9.17, 15) is 19.7 Å². The molecular formula is C23H19N3O5S2. The molecule has 0 aliphatic carbocycles. The zero-order valence-corrected chi connectivity index (χ0v) is 19.4. The Morgan fingerprint density at radius 2 is 2.06 bits per heavy atom. The van der Waals surface area contributed by atoms with Crippen molar-refractivity contribution in [1.82, 2.24) is 4.57 Å². The van der Waals surface area contributed by atoms with Gasteiger partial charge in [0.25, 0.3) is 11.2 Å². The minimum atomic E-state index is -0.596. The van der Waals surface area contributed by atoms with Crippen LogP contribution in [0.1, 0.15) is 30.3 Å². The number of nitro benzene ring substituents is 1. The number of hydrogen-bond donors (Lipinski definition) is 0. The summed E-state index contributed by atoms with van der Waals surface area (Å²) in [4.78, 5) is 42.3. The number of hydrogen-bond acceptors (Lipinski definition) is 8. The molecule has 168 valence electrons. The minimum Gasteiger partial charge on any atom is -0.463 e. The van der Waals surface area contributed by atoms with E-state index in [0.717, 1.165) is 10.4 Å². The molecule has 1 aliphatic heterocycles. The Hall–Kier alpha value is -3.63. The van der Waals surface area contributed by atoms with Gasteiger partial charge in [-0.25, -0.2) is 9.79 Å². The van der Waals surface area contributed by atoms with Crippen molar-refractivity contribution in [3.63, 3.8) is 0 Å². The second-order valence-corrected chi connectivity index (χ2v) is 9.04. The molecule has 0 spiro atoms. The molecule has 0 amide bonds. The average Bonchev–Trinajstić information content (AvgIpc) is 3.42. The summed E-state index contributed by atoms with van der Waals surface area (Å²) in [6.45, 7) is 3.71. The number of thiazole rings is 1. The van der Waals surface area contributed by atoms with Gasteiger partial charge in [0, 0.05) is 17.0 Å². The first kappa shape index (κ1) is 22.6. The lowest BCUT2D eigenvalue weighted by molar-refractivity contribution is -0.384. The fraction of sp³-hybridized carbons (Fsp3) is 0.174. The fourth-order valence-electron chi connectivity index (χ4n) is 3.48. The number of thiophene rings is 1. The third-order valence-electron chi connectivity index (χ3n) is 4.97. The summed E-state index contributed by atoms with van der Waals surface area (Å²) in [7, 11) is 0. The number of nitro groups is 1. The number of carbonyl (C=O) groups excluding carboxylic acids is 1. The molecule has 4 rings (SSSR count). The van der Waals surface area contributed by atoms with Crippen molar-refractivity contribution < 1.29 is 14.5 Å². The van der Waals surface area contributed by atoms with E-state index in [4.69, 9.17) is 4.74 Å². The van der Waals surface area contributed by atoms with Gasteiger partial charge in [0.2, 0.25) is 0 Å². The molecule has 0 fully saturated rings. The molecule has 0 saturated carbocycles. The number of rotatable bonds is 6. The third-order valence-corrected chi connectivity index (χ3v) is 6.90. The average molecular weight is 482 g/mol. The molecule has 1 atom stereocenters. The maximum Gasteiger partial charge on any atom is 0.338 e. The summed E-state index contributed by atoms with van der Waals surface area (Å²) in [5.41, 5.74) is 1.42. The Labute approximate surface area is 196 Å². The highest BCUT2D eigenvalue weighted by Gasteiger charge is 2.33. The summed E-state index contributed by atoms with van der Waals surface area (Å²) in [5, 5.41) is 12.7. The minimum absolute atomic E-state index is 0.0156. The van der Waals surface area contributed by atoms with Crippen molar-refractivity contribution in [1.29, 1.82) is 0 Å². The van der Waals surface area contributed by atoms with Gasteiger partial charge in [-0.2, -0.15) is 0 Å². The number of fused-ring (bicyclic) bond motifs is 1. The highest BCUT2D eigenvalue weighted by Crippen LogP contribution is 2.33. The molecular weight excluding hydrogens is 462 g/mol. The van der Waals surface area contributed by atoms with Crippen molar-refractivity contribution in [3.8, 4) is 0 Å². The van der Waals surface area contributed by atoms with Crippen molar-refractivity contribution in [2.75, 3.05) is 6.61 Å². The lowest BCUT2D eigenvalue weighted by atomic mass is 10.0. The molecule has 1 aromatic carbocycles. The van der Waals surface area contributed by atoms with Gasteiger partial charge in [-0.05, 0) is 49.1 Å². The van der Waals surface area contributed by atoms with Gasteiger partial charge in [0.15, 0.2) is 4.80 Å². The van der Waals surface area contributed by atoms with E-state index in [-0.39, 0.29) is 17.9 Å². The molecule has 0 saturated heterocycles. The van der Waals surface area contributed by atoms with E-state index < -0.39 is 16.9 Å². The topological polar surface area (TPSA) is 104 Å². The maximum atomic E-state index is 13.3. The number of ether oxygens (including phenoxy) is 1. The van der Waals surface area contributed by atoms with E-state index in [1.54, 1.807) is 48.8 Å². The van der Waals surface area contributed by atoms with E-state index in [0.29, 0.717) is 20.6 Å². The number of non-ortho nitro benzene ring substituents is 1. The van der Waals surface area contributed by atoms with Crippen LogP contribution in [0.15, 0.2) is 68.9 Å². The molecule has 8 nitrogen and oxygen atoms in total. The quantitative estimate of drug-likeness (QED) is 0.305. The number of carbonyl (C=O) groups is 1. The van der Waals surface area contributed by atoms with Crippen LogP contribution in [-0.2, 0) is 9.53 Å². The number of allylic oxidation sites excluding steroid dienone is 2. The Morgan fingerprint density at radius 3 is 2.70 bits per heavy atom. The van der Waals surface area contributed by atoms with Crippen LogP contribution in [0.3, 0.4) is 0 Å². The lowest BCUT2D eigenvalue weighted by Crippen LogP contribution is -2.39. The second kappa shape index (κ2) is 9.47. The fourth-order valence-corrected chi connectivity index (χ4v) is 5.30. The zero-order valence-electron chi connectivity index (χ0n) is 17.8. The van der Waals surface area contributed by atoms with Gasteiger partial charge in [0.05, 0.1) is 27.3 Å². The largest absolute Gasteiger partial charge is 0.463 e. The molecule has 3 aromatic rings. The molecule has 0 unspecified atom stereocenters. The van der Waals surface area contributed by atoms with Crippen LogP contribution in [0.25, 0.3) is 12.2 Å². The predicted molar refractivity (Wildman–Crippen MR) is 128 cm³/mol. The summed E-state index contributed by atoms with van der Waals surface area (Å²) in [6, 6.07) is 9.29. The Bertz CT molecular complexity index is 1440. The number of nitrogens with zero attached hydrogens (tertiary/aromatic N) is 3. The molecule has 3 heterocycles. The molecule has 0 bridgehead atoms. The highest BCUT2D eigenvalue weighted by atomic mass is 32.1. The second-order valence-electron chi connectivity index (χ2n) is 7.05. The van der Waals surface area contributed by atoms with Crippen LogP contribution >= 0.6 is 22.7 Å². The summed E-state index contributed by atoms with van der Waals surface area (Å²) < 4.78 is 7.26. The van der Waals surface area contributed by atoms with E-state index in [1.165, 1.54) is 34.8 Å². The molecule has 10 heteroatoms. The Kier molecular flexibility index (Phi) is 6.47. The summed E-state index contributed by atoms with van der Waals surface area (Å²) >= 11 is 2.70. The van der Waals surface area contributed by atoms with Gasteiger partial charge in [0.1, 0.15) is 6.04 Å². The van der Waals surface area contributed by atoms with Crippen molar-refractivity contribution in [2.24, 2.45) is 4.99 Å². The Balaban J connectivity index is 1.76. The van der Waals surface area contributed by atoms with Gasteiger partial charge >= 0.3 is 5.97 Å². The van der Waals surface area contributed by atoms with Crippen molar-refractivity contribution in [2.45, 2.75) is 19.9 Å². The van der Waals surface area contributed by atoms with Gasteiger partial charge in [-0.1, -0.05) is 29.6 Å². The van der Waals surface area contributed by atoms with Gasteiger partial charge in [-0.3, -0.25) is 19.5 Å². The van der Waals surface area contributed by atoms with Crippen LogP contribution in [0, 0.1) is 10.1 Å². The number of aromatic nitrogens is 1. The first-order valence-electron chi connectivity index (χ1n) is 10.0. The van der Waals surface area contributed by atoms with Crippen molar-refractivity contribution >= 4 is 46.5 Å². The summed E-state index contributed by atoms with van der Waals surface area (Å²) in [5.74, 6) is -0.482. The maximum absolute atomic E-state index is 13.3. The number of esters is 1. The first-order valence-corrected chi connectivity index (χ1v) is 11.7. The van der Waals surface area contributed by atoms with E-state index in [1.807, 2.05) is 17.5 Å². The normalized spacial score (nSPS) is 16.1. The van der Waals surface area contributed by atoms with Gasteiger partial charge in [-0.15, -0.1) is 11.3 Å². The summed E-state index contributed by atoms with van der Waals surface area (Å²) in [6.07, 6.45) is 5.15. The number of benzene rings is 1. The monoisotopic (exact) mass is 481 g/mol. The molecule has 0 radical (unpaired) electrons.